The van der Waals surface area contributed by atoms with Crippen LogP contribution >= 0.6 is 0 Å². The first-order valence-corrected chi connectivity index (χ1v) is 4.01. The van der Waals surface area contributed by atoms with Gasteiger partial charge in [0.25, 0.3) is 0 Å². The molecule has 0 heterocycles. The third kappa shape index (κ3) is 2.56. The molecule has 1 aromatic carbocycles. The molecule has 0 bridgehead atoms. The normalized spacial score (nSPS) is 13.2. The number of allylic oxidation sites excluding steroid dienone is 1. The van der Waals surface area contributed by atoms with E-state index in [2.05, 4.69) is 0 Å². The van der Waals surface area contributed by atoms with Crippen LogP contribution in [0.15, 0.2) is 36.3 Å². The Balaban J connectivity index is 3.40. The van der Waals surface area contributed by atoms with Gasteiger partial charge in [0.15, 0.2) is 5.57 Å². The monoisotopic (exact) mass is 235 g/mol. The fourth-order valence-corrected chi connectivity index (χ4v) is 1.10. The number of nitrogens with zero attached hydrogens (tertiary/aromatic N) is 1. The van der Waals surface area contributed by atoms with Gasteiger partial charge in [-0.25, -0.2) is 0 Å². The molecule has 16 heavy (non-hydrogen) atoms. The van der Waals surface area contributed by atoms with Gasteiger partial charge in [-0.3, -0.25) is 10.1 Å². The van der Waals surface area contributed by atoms with Gasteiger partial charge in [-0.05, 0) is 5.56 Å². The zero-order valence-corrected chi connectivity index (χ0v) is 7.66. The maximum absolute atomic E-state index is 12.8. The molecule has 0 saturated carbocycles. The highest BCUT2D eigenvalue weighted by Crippen LogP contribution is 2.36. The zero-order chi connectivity index (χ0) is 12.3. The SMILES string of the molecule is O=[N+]([O-])/C(F)=C(\c1ccccc1)C(F)(F)F. The Morgan fingerprint density at radius 2 is 1.69 bits per heavy atom. The molecule has 0 radical (unpaired) electrons. The summed E-state index contributed by atoms with van der Waals surface area (Å²) in [5.74, 6) is -2.40. The Bertz CT molecular complexity index is 425. The minimum atomic E-state index is -5.11. The topological polar surface area (TPSA) is 43.1 Å². The number of rotatable bonds is 2. The molecule has 0 saturated heterocycles. The quantitative estimate of drug-likeness (QED) is 0.342. The molecule has 7 heteroatoms. The third-order valence-corrected chi connectivity index (χ3v) is 1.71. The van der Waals surface area contributed by atoms with Gasteiger partial charge in [-0.1, -0.05) is 30.3 Å². The molecule has 0 aliphatic carbocycles. The molecule has 0 fully saturated rings. The number of benzene rings is 1. The van der Waals surface area contributed by atoms with Crippen LogP contribution in [0.4, 0.5) is 17.6 Å². The van der Waals surface area contributed by atoms with Crippen LogP contribution in [-0.2, 0) is 0 Å². The van der Waals surface area contributed by atoms with Crippen LogP contribution in [0.1, 0.15) is 5.56 Å². The van der Waals surface area contributed by atoms with E-state index < -0.39 is 28.2 Å². The van der Waals surface area contributed by atoms with Crippen molar-refractivity contribution in [2.45, 2.75) is 6.18 Å². The molecule has 0 aliphatic heterocycles. The summed E-state index contributed by atoms with van der Waals surface area (Å²) in [6.45, 7) is 0. The van der Waals surface area contributed by atoms with Crippen LogP contribution in [0.5, 0.6) is 0 Å². The van der Waals surface area contributed by atoms with Crippen LogP contribution in [-0.4, -0.2) is 11.1 Å². The van der Waals surface area contributed by atoms with Gasteiger partial charge in [-0.2, -0.15) is 13.2 Å². The Hall–Kier alpha value is -1.92. The van der Waals surface area contributed by atoms with E-state index >= 15 is 0 Å². The minimum Gasteiger partial charge on any atom is -0.256 e. The Morgan fingerprint density at radius 1 is 1.19 bits per heavy atom. The lowest BCUT2D eigenvalue weighted by atomic mass is 10.1. The van der Waals surface area contributed by atoms with E-state index in [4.69, 9.17) is 0 Å². The van der Waals surface area contributed by atoms with E-state index in [9.17, 15) is 27.7 Å². The van der Waals surface area contributed by atoms with Crippen molar-refractivity contribution in [2.24, 2.45) is 0 Å². The van der Waals surface area contributed by atoms with E-state index in [0.717, 1.165) is 12.1 Å². The number of hydrogen-bond donors (Lipinski definition) is 0. The van der Waals surface area contributed by atoms with Crippen LogP contribution in [0.3, 0.4) is 0 Å². The van der Waals surface area contributed by atoms with Gasteiger partial charge in [0.2, 0.25) is 0 Å². The smallest absolute Gasteiger partial charge is 0.256 e. The lowest BCUT2D eigenvalue weighted by Gasteiger charge is -2.09. The number of hydrogen-bond acceptors (Lipinski definition) is 2. The van der Waals surface area contributed by atoms with Crippen LogP contribution < -0.4 is 0 Å². The standard InChI is InChI=1S/C9H5F4NO2/c10-8(14(15)16)7(9(11,12)13)6-4-2-1-3-5-6/h1-5H/b8-7+. The van der Waals surface area contributed by atoms with Crippen molar-refractivity contribution in [3.05, 3.63) is 52.0 Å². The number of halogens is 4. The van der Waals surface area contributed by atoms with E-state index in [1.165, 1.54) is 18.2 Å². The fraction of sp³-hybridized carbons (Fsp3) is 0.111. The zero-order valence-electron chi connectivity index (χ0n) is 7.66. The Labute approximate surface area is 87.2 Å². The van der Waals surface area contributed by atoms with Crippen molar-refractivity contribution >= 4 is 5.57 Å². The Morgan fingerprint density at radius 3 is 2.06 bits per heavy atom. The molecule has 3 nitrogen and oxygen atoms in total. The van der Waals surface area contributed by atoms with Gasteiger partial charge in [0, 0.05) is 0 Å². The fourth-order valence-electron chi connectivity index (χ4n) is 1.10. The summed E-state index contributed by atoms with van der Waals surface area (Å²) in [4.78, 5) is 8.33. The van der Waals surface area contributed by atoms with Gasteiger partial charge in [0.1, 0.15) is 0 Å². The average Bonchev–Trinajstić information content (AvgIpc) is 2.17. The second kappa shape index (κ2) is 4.30. The lowest BCUT2D eigenvalue weighted by Crippen LogP contribution is -2.15. The largest absolute Gasteiger partial charge is 0.432 e. The molecule has 0 atom stereocenters. The van der Waals surface area contributed by atoms with Gasteiger partial charge >= 0.3 is 12.1 Å². The van der Waals surface area contributed by atoms with E-state index in [1.807, 2.05) is 0 Å². The van der Waals surface area contributed by atoms with Crippen molar-refractivity contribution in [1.82, 2.24) is 0 Å². The molecule has 0 aliphatic rings. The second-order valence-corrected chi connectivity index (χ2v) is 2.79. The predicted molar refractivity (Wildman–Crippen MR) is 47.5 cm³/mol. The summed E-state index contributed by atoms with van der Waals surface area (Å²) in [5, 5.41) is 10.0. The summed E-state index contributed by atoms with van der Waals surface area (Å²) >= 11 is 0. The molecule has 0 amide bonds. The summed E-state index contributed by atoms with van der Waals surface area (Å²) in [6, 6.07) is 5.78. The van der Waals surface area contributed by atoms with Crippen molar-refractivity contribution in [3.8, 4) is 0 Å². The van der Waals surface area contributed by atoms with E-state index in [0.29, 0.717) is 0 Å². The summed E-state index contributed by atoms with van der Waals surface area (Å²) in [7, 11) is 0. The first-order valence-electron chi connectivity index (χ1n) is 4.01. The van der Waals surface area contributed by atoms with E-state index in [-0.39, 0.29) is 0 Å². The molecule has 0 aromatic heterocycles. The predicted octanol–water partition coefficient (Wildman–Crippen LogP) is 3.16. The van der Waals surface area contributed by atoms with Crippen LogP contribution in [0.25, 0.3) is 5.57 Å². The second-order valence-electron chi connectivity index (χ2n) is 2.79. The molecule has 1 rings (SSSR count). The highest BCUT2D eigenvalue weighted by atomic mass is 19.4. The third-order valence-electron chi connectivity index (χ3n) is 1.71. The van der Waals surface area contributed by atoms with Gasteiger partial charge < -0.3 is 0 Å². The minimum absolute atomic E-state index is 0.579. The molecule has 0 N–H and O–H groups in total. The summed E-state index contributed by atoms with van der Waals surface area (Å²) in [5.41, 5.74) is -2.46. The van der Waals surface area contributed by atoms with Gasteiger partial charge in [0.05, 0.1) is 4.92 Å². The van der Waals surface area contributed by atoms with Crippen molar-refractivity contribution in [1.29, 1.82) is 0 Å². The first kappa shape index (κ1) is 12.2. The van der Waals surface area contributed by atoms with Crippen LogP contribution in [0.2, 0.25) is 0 Å². The maximum Gasteiger partial charge on any atom is 0.432 e. The summed E-state index contributed by atoms with van der Waals surface area (Å²) in [6.07, 6.45) is -5.11. The van der Waals surface area contributed by atoms with E-state index in [1.54, 1.807) is 0 Å². The molecular weight excluding hydrogens is 230 g/mol. The molecular formula is C9H5F4NO2. The lowest BCUT2D eigenvalue weighted by molar-refractivity contribution is -0.447. The van der Waals surface area contributed by atoms with Crippen LogP contribution in [0, 0.1) is 10.1 Å². The molecule has 0 spiro atoms. The number of alkyl halides is 3. The molecule has 86 valence electrons. The highest BCUT2D eigenvalue weighted by Gasteiger charge is 2.42. The summed E-state index contributed by atoms with van der Waals surface area (Å²) < 4.78 is 50.1. The highest BCUT2D eigenvalue weighted by molar-refractivity contribution is 5.69. The Kier molecular flexibility index (Phi) is 3.26. The van der Waals surface area contributed by atoms with Gasteiger partial charge in [-0.15, -0.1) is 4.39 Å². The number of nitro groups is 1. The van der Waals surface area contributed by atoms with Crippen molar-refractivity contribution in [3.63, 3.8) is 0 Å². The van der Waals surface area contributed by atoms with Crippen molar-refractivity contribution < 1.29 is 22.5 Å². The van der Waals surface area contributed by atoms with Crippen molar-refractivity contribution in [2.75, 3.05) is 0 Å². The maximum atomic E-state index is 12.8. The average molecular weight is 235 g/mol. The molecule has 0 unspecified atom stereocenters. The first-order chi connectivity index (χ1) is 7.34. The molecule has 1 aromatic rings.